The van der Waals surface area contributed by atoms with Crippen LogP contribution in [0, 0.1) is 0 Å². The third-order valence-corrected chi connectivity index (χ3v) is 3.68. The topological polar surface area (TPSA) is 0 Å². The molecule has 1 aromatic rings. The fraction of sp³-hybridized carbons (Fsp3) is 0.500. The lowest BCUT2D eigenvalue weighted by Crippen LogP contribution is -2.17. The maximum absolute atomic E-state index is 5.97. The Balaban J connectivity index is 3.00. The molecule has 2 radical (unpaired) electrons. The first kappa shape index (κ1) is 11.8. The van der Waals surface area contributed by atoms with Gasteiger partial charge in [0.2, 0.25) is 8.83 Å². The summed E-state index contributed by atoms with van der Waals surface area (Å²) in [5.41, 5.74) is 3.00. The lowest BCUT2D eigenvalue weighted by molar-refractivity contribution is 0.866. The molecule has 0 nitrogen and oxygen atoms in total. The van der Waals surface area contributed by atoms with E-state index in [0.717, 1.165) is 0 Å². The Kier molecular flexibility index (Phi) is 5.27. The van der Waals surface area contributed by atoms with Gasteiger partial charge < -0.3 is 0 Å². The molecule has 0 aliphatic heterocycles. The van der Waals surface area contributed by atoms with Crippen LogP contribution in [0.2, 0.25) is 0 Å². The maximum Gasteiger partial charge on any atom is 0.210 e. The van der Waals surface area contributed by atoms with Crippen LogP contribution in [0.5, 0.6) is 0 Å². The fourth-order valence-corrected chi connectivity index (χ4v) is 2.86. The average molecular weight is 225 g/mol. The van der Waals surface area contributed by atoms with Gasteiger partial charge in [-0.3, -0.25) is 0 Å². The highest BCUT2D eigenvalue weighted by molar-refractivity contribution is 7.01. The number of hydrogen-bond donors (Lipinski definition) is 0. The van der Waals surface area contributed by atoms with E-state index < -0.39 is 0 Å². The minimum absolute atomic E-state index is 0.412. The molecule has 14 heavy (non-hydrogen) atoms. The van der Waals surface area contributed by atoms with Crippen molar-refractivity contribution in [1.29, 1.82) is 0 Å². The summed E-state index contributed by atoms with van der Waals surface area (Å²) in [7, 11) is 0.412. The van der Waals surface area contributed by atoms with E-state index in [9.17, 15) is 0 Å². The van der Waals surface area contributed by atoms with Gasteiger partial charge in [0.15, 0.2) is 0 Å². The first-order chi connectivity index (χ1) is 6.83. The van der Waals surface area contributed by atoms with Crippen molar-refractivity contribution in [2.24, 2.45) is 0 Å². The van der Waals surface area contributed by atoms with E-state index >= 15 is 0 Å². The Morgan fingerprint density at radius 3 is 2.43 bits per heavy atom. The Morgan fingerprint density at radius 1 is 1.14 bits per heavy atom. The van der Waals surface area contributed by atoms with Crippen molar-refractivity contribution in [1.82, 2.24) is 0 Å². The van der Waals surface area contributed by atoms with Crippen LogP contribution in [-0.2, 0) is 12.8 Å². The van der Waals surface area contributed by atoms with E-state index in [1.54, 1.807) is 0 Å². The van der Waals surface area contributed by atoms with E-state index in [1.165, 1.54) is 42.0 Å². The standard InChI is InChI=1S/C12H17ClSi/c1-3-6-10-8-5-9-12(14-13)11(10)7-4-2/h5,8-9H,3-4,6-7H2,1-2H3. The van der Waals surface area contributed by atoms with Gasteiger partial charge in [0.1, 0.15) is 0 Å². The molecule has 0 bridgehead atoms. The van der Waals surface area contributed by atoms with Crippen molar-refractivity contribution in [3.8, 4) is 0 Å². The third kappa shape index (κ3) is 2.86. The molecule has 0 unspecified atom stereocenters. The monoisotopic (exact) mass is 224 g/mol. The van der Waals surface area contributed by atoms with Gasteiger partial charge in [-0.05, 0) is 29.2 Å². The van der Waals surface area contributed by atoms with Crippen molar-refractivity contribution in [3.63, 3.8) is 0 Å². The van der Waals surface area contributed by atoms with Crippen molar-refractivity contribution in [2.45, 2.75) is 39.5 Å². The molecule has 0 saturated heterocycles. The molecule has 0 saturated carbocycles. The predicted octanol–water partition coefficient (Wildman–Crippen LogP) is 3.07. The van der Waals surface area contributed by atoms with Crippen LogP contribution in [0.25, 0.3) is 0 Å². The van der Waals surface area contributed by atoms with Gasteiger partial charge in [-0.2, -0.15) is 11.1 Å². The molecule has 2 heteroatoms. The molecule has 0 heterocycles. The summed E-state index contributed by atoms with van der Waals surface area (Å²) in [5, 5.41) is 1.35. The summed E-state index contributed by atoms with van der Waals surface area (Å²) in [5.74, 6) is 0. The molecule has 0 N–H and O–H groups in total. The summed E-state index contributed by atoms with van der Waals surface area (Å²) in [4.78, 5) is 0. The zero-order chi connectivity index (χ0) is 10.4. The Morgan fingerprint density at radius 2 is 1.86 bits per heavy atom. The summed E-state index contributed by atoms with van der Waals surface area (Å²) in [6.07, 6.45) is 4.77. The smallest absolute Gasteiger partial charge is 0.165 e. The number of hydrogen-bond acceptors (Lipinski definition) is 0. The maximum atomic E-state index is 5.97. The Bertz CT molecular complexity index is 284. The molecule has 1 aromatic carbocycles. The largest absolute Gasteiger partial charge is 0.210 e. The van der Waals surface area contributed by atoms with E-state index in [0.29, 0.717) is 8.83 Å². The van der Waals surface area contributed by atoms with Gasteiger partial charge in [-0.15, -0.1) is 0 Å². The molecule has 1 rings (SSSR count). The van der Waals surface area contributed by atoms with Crippen molar-refractivity contribution in [3.05, 3.63) is 29.3 Å². The SMILES string of the molecule is CCCc1cccc([Si]Cl)c1CCC. The number of halogens is 1. The molecule has 0 atom stereocenters. The highest BCUT2D eigenvalue weighted by Gasteiger charge is 2.06. The molecule has 0 aromatic heterocycles. The number of rotatable bonds is 5. The molecular formula is C12H17ClSi. The zero-order valence-corrected chi connectivity index (χ0v) is 10.7. The number of benzene rings is 1. The highest BCUT2D eigenvalue weighted by atomic mass is 35.6. The van der Waals surface area contributed by atoms with Crippen molar-refractivity contribution in [2.75, 3.05) is 0 Å². The normalized spacial score (nSPS) is 10.5. The minimum atomic E-state index is 0.412. The molecule has 0 fully saturated rings. The van der Waals surface area contributed by atoms with E-state index in [-0.39, 0.29) is 0 Å². The first-order valence-corrected chi connectivity index (χ1v) is 7.32. The van der Waals surface area contributed by atoms with E-state index in [4.69, 9.17) is 11.1 Å². The third-order valence-electron chi connectivity index (χ3n) is 2.39. The van der Waals surface area contributed by atoms with E-state index in [1.807, 2.05) is 0 Å². The first-order valence-electron chi connectivity index (χ1n) is 5.30. The Hall–Kier alpha value is -0.273. The summed E-state index contributed by atoms with van der Waals surface area (Å²) >= 11 is 5.97. The molecular weight excluding hydrogens is 208 g/mol. The molecule has 76 valence electrons. The molecule has 0 spiro atoms. The van der Waals surface area contributed by atoms with Crippen LogP contribution in [0.1, 0.15) is 37.8 Å². The van der Waals surface area contributed by atoms with Gasteiger partial charge >= 0.3 is 0 Å². The van der Waals surface area contributed by atoms with Crippen LogP contribution in [0.3, 0.4) is 0 Å². The van der Waals surface area contributed by atoms with Gasteiger partial charge in [-0.25, -0.2) is 0 Å². The van der Waals surface area contributed by atoms with Crippen molar-refractivity contribution >= 4 is 25.1 Å². The highest BCUT2D eigenvalue weighted by Crippen LogP contribution is 2.11. The van der Waals surface area contributed by atoms with Gasteiger partial charge in [0.05, 0.1) is 0 Å². The van der Waals surface area contributed by atoms with Crippen LogP contribution < -0.4 is 5.19 Å². The zero-order valence-electron chi connectivity index (χ0n) is 8.94. The lowest BCUT2D eigenvalue weighted by Gasteiger charge is -2.11. The quantitative estimate of drug-likeness (QED) is 0.533. The van der Waals surface area contributed by atoms with Gasteiger partial charge in [0, 0.05) is 0 Å². The second kappa shape index (κ2) is 6.26. The fourth-order valence-electron chi connectivity index (χ4n) is 1.77. The summed E-state index contributed by atoms with van der Waals surface area (Å²) in [6, 6.07) is 6.54. The summed E-state index contributed by atoms with van der Waals surface area (Å²) in [6.45, 7) is 4.45. The molecule has 0 amide bonds. The van der Waals surface area contributed by atoms with Gasteiger partial charge in [-0.1, -0.05) is 44.9 Å². The van der Waals surface area contributed by atoms with Gasteiger partial charge in [0.25, 0.3) is 0 Å². The minimum Gasteiger partial charge on any atom is -0.165 e. The summed E-state index contributed by atoms with van der Waals surface area (Å²) < 4.78 is 0. The van der Waals surface area contributed by atoms with Crippen LogP contribution >= 0.6 is 11.1 Å². The van der Waals surface area contributed by atoms with Crippen molar-refractivity contribution < 1.29 is 0 Å². The lowest BCUT2D eigenvalue weighted by atomic mass is 10.00. The second-order valence-electron chi connectivity index (χ2n) is 3.54. The van der Waals surface area contributed by atoms with E-state index in [2.05, 4.69) is 32.0 Å². The second-order valence-corrected chi connectivity index (χ2v) is 4.83. The van der Waals surface area contributed by atoms with Crippen LogP contribution in [0.15, 0.2) is 18.2 Å². The average Bonchev–Trinajstić information content (AvgIpc) is 2.21. The number of aryl methyl sites for hydroxylation is 1. The Labute approximate surface area is 94.2 Å². The molecule has 0 aliphatic carbocycles. The molecule has 0 aliphatic rings. The van der Waals surface area contributed by atoms with Crippen LogP contribution in [0.4, 0.5) is 0 Å². The van der Waals surface area contributed by atoms with Crippen LogP contribution in [-0.4, -0.2) is 8.83 Å². The predicted molar refractivity (Wildman–Crippen MR) is 65.7 cm³/mol.